The molecule has 0 aromatic carbocycles. The molecule has 11 heavy (non-hydrogen) atoms. The first-order chi connectivity index (χ1) is 5.27. The molecule has 0 aliphatic heterocycles. The van der Waals surface area contributed by atoms with E-state index < -0.39 is 0 Å². The van der Waals surface area contributed by atoms with Gasteiger partial charge in [0.2, 0.25) is 0 Å². The van der Waals surface area contributed by atoms with Crippen molar-refractivity contribution in [2.45, 2.75) is 19.8 Å². The van der Waals surface area contributed by atoms with Gasteiger partial charge in [-0.25, -0.2) is 4.39 Å². The van der Waals surface area contributed by atoms with Gasteiger partial charge in [0, 0.05) is 10.8 Å². The fraction of sp³-hybridized carbons (Fsp3) is 0.556. The summed E-state index contributed by atoms with van der Waals surface area (Å²) in [6, 6.07) is 0. The van der Waals surface area contributed by atoms with E-state index in [0.717, 1.165) is 17.7 Å². The number of hydrogen-bond acceptors (Lipinski definition) is 1. The van der Waals surface area contributed by atoms with Gasteiger partial charge in [0.05, 0.1) is 0 Å². The number of hydrogen-bond donors (Lipinski definition) is 0. The van der Waals surface area contributed by atoms with E-state index in [2.05, 4.69) is 6.08 Å². The van der Waals surface area contributed by atoms with Crippen LogP contribution in [0.4, 0.5) is 4.39 Å². The topological polar surface area (TPSA) is 0 Å². The van der Waals surface area contributed by atoms with Crippen LogP contribution in [-0.2, 0) is 0 Å². The molecule has 1 atom stereocenters. The molecule has 1 aliphatic rings. The molecule has 0 spiro atoms. The zero-order valence-corrected chi connectivity index (χ0v) is 7.75. The van der Waals surface area contributed by atoms with Crippen molar-refractivity contribution < 1.29 is 4.39 Å². The molecule has 0 aromatic rings. The van der Waals surface area contributed by atoms with E-state index in [4.69, 9.17) is 0 Å². The van der Waals surface area contributed by atoms with Gasteiger partial charge in [-0.15, -0.1) is 11.8 Å². The Hall–Kier alpha value is -0.240. The van der Waals surface area contributed by atoms with E-state index in [1.54, 1.807) is 17.8 Å². The van der Waals surface area contributed by atoms with Crippen molar-refractivity contribution in [3.8, 4) is 0 Å². The van der Waals surface area contributed by atoms with Gasteiger partial charge in [-0.05, 0) is 25.2 Å². The highest BCUT2D eigenvalue weighted by Crippen LogP contribution is 2.30. The fourth-order valence-electron chi connectivity index (χ4n) is 1.19. The summed E-state index contributed by atoms with van der Waals surface area (Å²) in [5.41, 5.74) is 0. The number of allylic oxidation sites excluding steroid dienone is 3. The predicted octanol–water partition coefficient (Wildman–Crippen LogP) is 3.52. The highest BCUT2D eigenvalue weighted by Gasteiger charge is 2.15. The lowest BCUT2D eigenvalue weighted by molar-refractivity contribution is 0.451. The van der Waals surface area contributed by atoms with Crippen molar-refractivity contribution >= 4 is 11.8 Å². The SMILES string of the molecule is CCC1CC=C(SC)C=C1F. The summed E-state index contributed by atoms with van der Waals surface area (Å²) in [7, 11) is 0. The van der Waals surface area contributed by atoms with Crippen LogP contribution in [0.2, 0.25) is 0 Å². The van der Waals surface area contributed by atoms with Gasteiger partial charge in [-0.1, -0.05) is 13.0 Å². The van der Waals surface area contributed by atoms with Gasteiger partial charge in [-0.2, -0.15) is 0 Å². The van der Waals surface area contributed by atoms with Gasteiger partial charge in [0.25, 0.3) is 0 Å². The molecule has 1 unspecified atom stereocenters. The standard InChI is InChI=1S/C9H13FS/c1-3-7-4-5-8(11-2)6-9(7)10/h5-7H,3-4H2,1-2H3. The van der Waals surface area contributed by atoms with Crippen LogP contribution in [-0.4, -0.2) is 6.26 Å². The molecule has 0 aromatic heterocycles. The molecule has 2 heteroatoms. The zero-order valence-electron chi connectivity index (χ0n) is 6.93. The second-order valence-corrected chi connectivity index (χ2v) is 3.56. The van der Waals surface area contributed by atoms with Crippen LogP contribution in [0.15, 0.2) is 22.9 Å². The van der Waals surface area contributed by atoms with Gasteiger partial charge in [0.15, 0.2) is 0 Å². The van der Waals surface area contributed by atoms with Crippen LogP contribution in [0.5, 0.6) is 0 Å². The van der Waals surface area contributed by atoms with Crippen molar-refractivity contribution in [3.05, 3.63) is 22.9 Å². The average molecular weight is 172 g/mol. The molecule has 0 radical (unpaired) electrons. The van der Waals surface area contributed by atoms with E-state index in [-0.39, 0.29) is 11.7 Å². The first-order valence-corrected chi connectivity index (χ1v) is 5.11. The second kappa shape index (κ2) is 3.96. The third-order valence-corrected chi connectivity index (χ3v) is 2.76. The van der Waals surface area contributed by atoms with Crippen LogP contribution in [0.25, 0.3) is 0 Å². The van der Waals surface area contributed by atoms with Crippen LogP contribution in [0, 0.1) is 5.92 Å². The molecule has 1 rings (SSSR count). The monoisotopic (exact) mass is 172 g/mol. The minimum atomic E-state index is 0.0550. The largest absolute Gasteiger partial charge is 0.211 e. The Bertz CT molecular complexity index is 194. The lowest BCUT2D eigenvalue weighted by Gasteiger charge is -2.15. The van der Waals surface area contributed by atoms with E-state index in [1.807, 2.05) is 13.2 Å². The first-order valence-electron chi connectivity index (χ1n) is 3.89. The molecule has 0 heterocycles. The second-order valence-electron chi connectivity index (χ2n) is 2.68. The van der Waals surface area contributed by atoms with Crippen LogP contribution in [0.1, 0.15) is 19.8 Å². The Morgan fingerprint density at radius 3 is 2.91 bits per heavy atom. The molecule has 0 bridgehead atoms. The van der Waals surface area contributed by atoms with E-state index in [9.17, 15) is 4.39 Å². The maximum atomic E-state index is 13.1. The summed E-state index contributed by atoms with van der Waals surface area (Å²) < 4.78 is 13.1. The average Bonchev–Trinajstić information content (AvgIpc) is 2.04. The first kappa shape index (κ1) is 8.85. The Morgan fingerprint density at radius 2 is 2.45 bits per heavy atom. The van der Waals surface area contributed by atoms with E-state index in [1.165, 1.54) is 0 Å². The molecular formula is C9H13FS. The van der Waals surface area contributed by atoms with E-state index >= 15 is 0 Å². The summed E-state index contributed by atoms with van der Waals surface area (Å²) in [5.74, 6) is 0.199. The lowest BCUT2D eigenvalue weighted by Crippen LogP contribution is -2.02. The molecule has 0 saturated carbocycles. The molecule has 0 fully saturated rings. The normalized spacial score (nSPS) is 24.5. The maximum Gasteiger partial charge on any atom is 0.104 e. The van der Waals surface area contributed by atoms with Crippen molar-refractivity contribution in [2.24, 2.45) is 5.92 Å². The molecule has 0 N–H and O–H groups in total. The third kappa shape index (κ3) is 2.09. The molecule has 62 valence electrons. The van der Waals surface area contributed by atoms with Gasteiger partial charge in [-0.3, -0.25) is 0 Å². The predicted molar refractivity (Wildman–Crippen MR) is 49.2 cm³/mol. The maximum absolute atomic E-state index is 13.1. The van der Waals surface area contributed by atoms with Crippen LogP contribution in [0.3, 0.4) is 0 Å². The Kier molecular flexibility index (Phi) is 3.18. The number of rotatable bonds is 2. The molecule has 0 amide bonds. The highest BCUT2D eigenvalue weighted by molar-refractivity contribution is 8.02. The zero-order chi connectivity index (χ0) is 8.27. The third-order valence-electron chi connectivity index (χ3n) is 2.00. The summed E-state index contributed by atoms with van der Waals surface area (Å²) in [6.07, 6.45) is 7.52. The summed E-state index contributed by atoms with van der Waals surface area (Å²) in [4.78, 5) is 1.06. The lowest BCUT2D eigenvalue weighted by atomic mass is 9.97. The van der Waals surface area contributed by atoms with Crippen LogP contribution >= 0.6 is 11.8 Å². The van der Waals surface area contributed by atoms with E-state index in [0.29, 0.717) is 0 Å². The van der Waals surface area contributed by atoms with Crippen molar-refractivity contribution in [3.63, 3.8) is 0 Å². The summed E-state index contributed by atoms with van der Waals surface area (Å²) >= 11 is 1.61. The minimum absolute atomic E-state index is 0.0550. The van der Waals surface area contributed by atoms with Crippen molar-refractivity contribution in [2.75, 3.05) is 6.26 Å². The molecular weight excluding hydrogens is 159 g/mol. The Morgan fingerprint density at radius 1 is 1.73 bits per heavy atom. The Balaban J connectivity index is 2.65. The summed E-state index contributed by atoms with van der Waals surface area (Å²) in [6.45, 7) is 2.02. The van der Waals surface area contributed by atoms with Gasteiger partial charge in [0.1, 0.15) is 5.83 Å². The Labute approximate surface area is 71.6 Å². The highest BCUT2D eigenvalue weighted by atomic mass is 32.2. The van der Waals surface area contributed by atoms with Crippen LogP contribution < -0.4 is 0 Å². The van der Waals surface area contributed by atoms with Gasteiger partial charge < -0.3 is 0 Å². The van der Waals surface area contributed by atoms with Gasteiger partial charge >= 0.3 is 0 Å². The smallest absolute Gasteiger partial charge is 0.104 e. The fourth-order valence-corrected chi connectivity index (χ4v) is 1.68. The molecule has 0 nitrogen and oxygen atoms in total. The number of halogens is 1. The quantitative estimate of drug-likeness (QED) is 0.614. The summed E-state index contributed by atoms with van der Waals surface area (Å²) in [5, 5.41) is 0. The molecule has 1 aliphatic carbocycles. The molecule has 0 saturated heterocycles. The van der Waals surface area contributed by atoms with Crippen molar-refractivity contribution in [1.82, 2.24) is 0 Å². The van der Waals surface area contributed by atoms with Crippen molar-refractivity contribution in [1.29, 1.82) is 0 Å². The minimum Gasteiger partial charge on any atom is -0.211 e. The number of thioether (sulfide) groups is 1.